The van der Waals surface area contributed by atoms with Crippen molar-refractivity contribution in [2.24, 2.45) is 11.7 Å². The predicted octanol–water partition coefficient (Wildman–Crippen LogP) is 2.12. The van der Waals surface area contributed by atoms with E-state index in [4.69, 9.17) is 10.5 Å². The van der Waals surface area contributed by atoms with E-state index < -0.39 is 23.5 Å². The molecule has 0 saturated carbocycles. The Bertz CT molecular complexity index is 505. The zero-order chi connectivity index (χ0) is 16.0. The number of carbonyl (C=O) groups excluding carboxylic acids is 1. The van der Waals surface area contributed by atoms with Crippen molar-refractivity contribution < 1.29 is 19.4 Å². The second-order valence-electron chi connectivity index (χ2n) is 6.05. The number of carboxylic acid groups (broad SMARTS) is 1. The molecule has 0 heterocycles. The van der Waals surface area contributed by atoms with Crippen LogP contribution < -0.4 is 5.73 Å². The lowest BCUT2D eigenvalue weighted by Gasteiger charge is -2.21. The summed E-state index contributed by atoms with van der Waals surface area (Å²) >= 11 is 0. The summed E-state index contributed by atoms with van der Waals surface area (Å²) in [5.74, 6) is -2.29. The van der Waals surface area contributed by atoms with Gasteiger partial charge in [-0.1, -0.05) is 24.3 Å². The van der Waals surface area contributed by atoms with Crippen molar-refractivity contribution in [3.8, 4) is 0 Å². The molecule has 0 saturated heterocycles. The lowest BCUT2D eigenvalue weighted by Crippen LogP contribution is -2.28. The van der Waals surface area contributed by atoms with Crippen molar-refractivity contribution in [2.75, 3.05) is 0 Å². The van der Waals surface area contributed by atoms with E-state index in [1.54, 1.807) is 20.8 Å². The summed E-state index contributed by atoms with van der Waals surface area (Å²) in [5.41, 5.74) is 6.75. The molecule has 5 nitrogen and oxygen atoms in total. The van der Waals surface area contributed by atoms with Crippen LogP contribution in [0.4, 0.5) is 0 Å². The fourth-order valence-electron chi connectivity index (χ4n) is 2.00. The van der Waals surface area contributed by atoms with E-state index in [-0.39, 0.29) is 12.8 Å². The van der Waals surface area contributed by atoms with E-state index in [0.717, 1.165) is 11.1 Å². The van der Waals surface area contributed by atoms with E-state index >= 15 is 0 Å². The number of nitrogens with two attached hydrogens (primary N) is 1. The Morgan fingerprint density at radius 2 is 1.90 bits per heavy atom. The molecule has 0 amide bonds. The van der Waals surface area contributed by atoms with Crippen LogP contribution in [0.3, 0.4) is 0 Å². The van der Waals surface area contributed by atoms with Gasteiger partial charge in [0.2, 0.25) is 0 Å². The van der Waals surface area contributed by atoms with Crippen molar-refractivity contribution >= 4 is 11.9 Å². The molecule has 0 aliphatic carbocycles. The predicted molar refractivity (Wildman–Crippen MR) is 79.6 cm³/mol. The maximum Gasteiger partial charge on any atom is 0.307 e. The van der Waals surface area contributed by atoms with Crippen LogP contribution in [-0.4, -0.2) is 22.6 Å². The van der Waals surface area contributed by atoms with Gasteiger partial charge >= 0.3 is 11.9 Å². The average Bonchev–Trinajstić information content (AvgIpc) is 2.36. The summed E-state index contributed by atoms with van der Waals surface area (Å²) < 4.78 is 5.18. The van der Waals surface area contributed by atoms with E-state index in [1.165, 1.54) is 0 Å². The third kappa shape index (κ3) is 6.40. The molecule has 1 aromatic carbocycles. The lowest BCUT2D eigenvalue weighted by molar-refractivity contribution is -0.159. The van der Waals surface area contributed by atoms with E-state index in [1.807, 2.05) is 24.3 Å². The fraction of sp³-hybridized carbons (Fsp3) is 0.500. The number of carbonyl (C=O) groups is 2. The lowest BCUT2D eigenvalue weighted by atomic mass is 9.95. The van der Waals surface area contributed by atoms with Gasteiger partial charge in [0.15, 0.2) is 0 Å². The quantitative estimate of drug-likeness (QED) is 0.784. The number of hydrogen-bond acceptors (Lipinski definition) is 4. The van der Waals surface area contributed by atoms with Crippen LogP contribution in [-0.2, 0) is 27.3 Å². The number of benzene rings is 1. The molecule has 21 heavy (non-hydrogen) atoms. The van der Waals surface area contributed by atoms with Gasteiger partial charge < -0.3 is 15.6 Å². The van der Waals surface area contributed by atoms with E-state index in [9.17, 15) is 14.7 Å². The van der Waals surface area contributed by atoms with E-state index in [0.29, 0.717) is 6.54 Å². The Hall–Kier alpha value is -1.88. The molecule has 116 valence electrons. The highest BCUT2D eigenvalue weighted by atomic mass is 16.6. The zero-order valence-electron chi connectivity index (χ0n) is 12.8. The maximum absolute atomic E-state index is 11.8. The molecule has 3 N–H and O–H groups in total. The van der Waals surface area contributed by atoms with Crippen molar-refractivity contribution in [1.29, 1.82) is 0 Å². The Kier molecular flexibility index (Phi) is 5.90. The third-order valence-corrected chi connectivity index (χ3v) is 2.89. The van der Waals surface area contributed by atoms with Gasteiger partial charge in [-0.2, -0.15) is 0 Å². The molecule has 1 rings (SSSR count). The molecule has 0 radical (unpaired) electrons. The molecule has 0 aliphatic heterocycles. The van der Waals surface area contributed by atoms with Gasteiger partial charge in [0.1, 0.15) is 5.60 Å². The molecule has 0 aromatic heterocycles. The fourth-order valence-corrected chi connectivity index (χ4v) is 2.00. The first kappa shape index (κ1) is 17.2. The molecular formula is C16H23NO4. The van der Waals surface area contributed by atoms with Gasteiger partial charge in [-0.15, -0.1) is 0 Å². The van der Waals surface area contributed by atoms with Crippen LogP contribution in [0.1, 0.15) is 38.3 Å². The first-order valence-corrected chi connectivity index (χ1v) is 6.94. The Morgan fingerprint density at radius 3 is 2.43 bits per heavy atom. The van der Waals surface area contributed by atoms with Crippen LogP contribution in [0.25, 0.3) is 0 Å². The Morgan fingerprint density at radius 1 is 1.29 bits per heavy atom. The normalized spacial score (nSPS) is 12.8. The molecular weight excluding hydrogens is 270 g/mol. The summed E-state index contributed by atoms with van der Waals surface area (Å²) in [7, 11) is 0. The average molecular weight is 293 g/mol. The van der Waals surface area contributed by atoms with Gasteiger partial charge in [-0.3, -0.25) is 9.59 Å². The van der Waals surface area contributed by atoms with Crippen LogP contribution in [0, 0.1) is 5.92 Å². The van der Waals surface area contributed by atoms with Crippen molar-refractivity contribution in [3.63, 3.8) is 0 Å². The van der Waals surface area contributed by atoms with Gasteiger partial charge in [-0.25, -0.2) is 0 Å². The molecule has 1 atom stereocenters. The number of carboxylic acids is 1. The topological polar surface area (TPSA) is 89.6 Å². The maximum atomic E-state index is 11.8. The standard InChI is InChI=1S/C16H23NO4/c1-16(2,3)21-14(18)9-13(15(19)20)8-11-5-4-6-12(7-11)10-17/h4-7,13H,8-10,17H2,1-3H3,(H,19,20)/t13-/m1/s1. The summed E-state index contributed by atoms with van der Waals surface area (Å²) in [6.07, 6.45) is 0.141. The van der Waals surface area contributed by atoms with Gasteiger partial charge in [-0.05, 0) is 38.3 Å². The number of esters is 1. The second-order valence-corrected chi connectivity index (χ2v) is 6.05. The zero-order valence-corrected chi connectivity index (χ0v) is 12.8. The Balaban J connectivity index is 2.74. The van der Waals surface area contributed by atoms with Gasteiger partial charge in [0, 0.05) is 6.54 Å². The molecule has 1 aromatic rings. The summed E-state index contributed by atoms with van der Waals surface area (Å²) in [6.45, 7) is 5.67. The summed E-state index contributed by atoms with van der Waals surface area (Å²) in [5, 5.41) is 9.28. The van der Waals surface area contributed by atoms with Crippen molar-refractivity contribution in [1.82, 2.24) is 0 Å². The largest absolute Gasteiger partial charge is 0.481 e. The molecule has 0 fully saturated rings. The van der Waals surface area contributed by atoms with Crippen LogP contribution in [0.15, 0.2) is 24.3 Å². The SMILES string of the molecule is CC(C)(C)OC(=O)C[C@@H](Cc1cccc(CN)c1)C(=O)O. The van der Waals surface area contributed by atoms with Crippen molar-refractivity contribution in [2.45, 2.75) is 45.8 Å². The number of ether oxygens (including phenoxy) is 1. The van der Waals surface area contributed by atoms with Gasteiger partial charge in [0.25, 0.3) is 0 Å². The molecule has 0 unspecified atom stereocenters. The number of hydrogen-bond donors (Lipinski definition) is 2. The summed E-state index contributed by atoms with van der Waals surface area (Å²) in [6, 6.07) is 7.42. The second kappa shape index (κ2) is 7.22. The van der Waals surface area contributed by atoms with Crippen LogP contribution >= 0.6 is 0 Å². The summed E-state index contributed by atoms with van der Waals surface area (Å²) in [4.78, 5) is 23.1. The molecule has 0 spiro atoms. The molecule has 5 heteroatoms. The Labute approximate surface area is 125 Å². The van der Waals surface area contributed by atoms with Crippen molar-refractivity contribution in [3.05, 3.63) is 35.4 Å². The molecule has 0 aliphatic rings. The smallest absolute Gasteiger partial charge is 0.307 e. The van der Waals surface area contributed by atoms with Gasteiger partial charge in [0.05, 0.1) is 12.3 Å². The van der Waals surface area contributed by atoms with Crippen LogP contribution in [0.2, 0.25) is 0 Å². The first-order chi connectivity index (χ1) is 9.71. The molecule has 0 bridgehead atoms. The number of aliphatic carboxylic acids is 1. The number of rotatable bonds is 6. The highest BCUT2D eigenvalue weighted by molar-refractivity contribution is 5.79. The monoisotopic (exact) mass is 293 g/mol. The highest BCUT2D eigenvalue weighted by Crippen LogP contribution is 2.17. The highest BCUT2D eigenvalue weighted by Gasteiger charge is 2.25. The minimum absolute atomic E-state index is 0.139. The minimum Gasteiger partial charge on any atom is -0.481 e. The minimum atomic E-state index is -1.00. The van der Waals surface area contributed by atoms with Crippen LogP contribution in [0.5, 0.6) is 0 Å². The third-order valence-electron chi connectivity index (χ3n) is 2.89. The first-order valence-electron chi connectivity index (χ1n) is 6.94. The van der Waals surface area contributed by atoms with E-state index in [2.05, 4.69) is 0 Å².